The molecule has 0 saturated carbocycles. The number of carbonyl (C=O) groups excluding carboxylic acids is 1. The van der Waals surface area contributed by atoms with Crippen molar-refractivity contribution < 1.29 is 4.79 Å². The van der Waals surface area contributed by atoms with Gasteiger partial charge in [0.15, 0.2) is 0 Å². The predicted molar refractivity (Wildman–Crippen MR) is 97.5 cm³/mol. The molecule has 0 heterocycles. The molecule has 23 heavy (non-hydrogen) atoms. The van der Waals surface area contributed by atoms with Gasteiger partial charge < -0.3 is 5.73 Å². The fourth-order valence-corrected chi connectivity index (χ4v) is 2.91. The first-order valence-electron chi connectivity index (χ1n) is 8.70. The number of carbonyl (C=O) groups is 1. The van der Waals surface area contributed by atoms with Crippen LogP contribution >= 0.6 is 0 Å². The van der Waals surface area contributed by atoms with Gasteiger partial charge in [0, 0.05) is 5.56 Å². The normalized spacial score (nSPS) is 10.7. The number of hydrogen-bond acceptors (Lipinski definition) is 1. The standard InChI is InChI=1S/C21H27NO/c1-2-3-4-5-6-7-10-17-13-15-18(16-14-17)19-11-8-9-12-20(19)21(22)23/h8-9,11-16H,2-7,10H2,1H3,(H2,22,23). The van der Waals surface area contributed by atoms with E-state index in [9.17, 15) is 4.79 Å². The third-order valence-electron chi connectivity index (χ3n) is 4.28. The highest BCUT2D eigenvalue weighted by atomic mass is 16.1. The Labute approximate surface area is 139 Å². The van der Waals surface area contributed by atoms with Crippen molar-refractivity contribution in [3.8, 4) is 11.1 Å². The van der Waals surface area contributed by atoms with Crippen molar-refractivity contribution in [3.63, 3.8) is 0 Å². The Kier molecular flexibility index (Phi) is 6.86. The molecule has 0 fully saturated rings. The van der Waals surface area contributed by atoms with Crippen LogP contribution in [0.2, 0.25) is 0 Å². The molecule has 0 saturated heterocycles. The lowest BCUT2D eigenvalue weighted by atomic mass is 9.97. The quantitative estimate of drug-likeness (QED) is 0.623. The summed E-state index contributed by atoms with van der Waals surface area (Å²) in [7, 11) is 0. The van der Waals surface area contributed by atoms with Crippen LogP contribution in [0, 0.1) is 0 Å². The van der Waals surface area contributed by atoms with E-state index < -0.39 is 0 Å². The van der Waals surface area contributed by atoms with Crippen molar-refractivity contribution in [1.29, 1.82) is 0 Å². The minimum absolute atomic E-state index is 0.378. The zero-order chi connectivity index (χ0) is 16.5. The Hall–Kier alpha value is -2.09. The van der Waals surface area contributed by atoms with E-state index in [4.69, 9.17) is 5.73 Å². The van der Waals surface area contributed by atoms with Gasteiger partial charge >= 0.3 is 0 Å². The van der Waals surface area contributed by atoms with E-state index in [0.29, 0.717) is 5.56 Å². The molecule has 1 amide bonds. The smallest absolute Gasteiger partial charge is 0.249 e. The monoisotopic (exact) mass is 309 g/mol. The molecule has 2 nitrogen and oxygen atoms in total. The van der Waals surface area contributed by atoms with Crippen molar-refractivity contribution in [2.75, 3.05) is 0 Å². The molecule has 0 atom stereocenters. The SMILES string of the molecule is CCCCCCCCc1ccc(-c2ccccc2C(N)=O)cc1. The predicted octanol–water partition coefficient (Wildman–Crippen LogP) is 5.36. The summed E-state index contributed by atoms with van der Waals surface area (Å²) in [5.41, 5.74) is 9.36. The van der Waals surface area contributed by atoms with Gasteiger partial charge in [0.25, 0.3) is 0 Å². The number of benzene rings is 2. The van der Waals surface area contributed by atoms with Crippen LogP contribution in [-0.4, -0.2) is 5.91 Å². The Bertz CT molecular complexity index is 616. The molecule has 2 rings (SSSR count). The second kappa shape index (κ2) is 9.14. The molecule has 0 bridgehead atoms. The van der Waals surface area contributed by atoms with Gasteiger partial charge in [0.1, 0.15) is 0 Å². The second-order valence-corrected chi connectivity index (χ2v) is 6.12. The zero-order valence-corrected chi connectivity index (χ0v) is 14.1. The van der Waals surface area contributed by atoms with Crippen LogP contribution in [0.3, 0.4) is 0 Å². The Balaban J connectivity index is 1.94. The van der Waals surface area contributed by atoms with E-state index in [1.54, 1.807) is 6.07 Å². The van der Waals surface area contributed by atoms with Gasteiger partial charge in [-0.15, -0.1) is 0 Å². The van der Waals surface area contributed by atoms with E-state index in [-0.39, 0.29) is 5.91 Å². The summed E-state index contributed by atoms with van der Waals surface area (Å²) in [5.74, 6) is -0.378. The topological polar surface area (TPSA) is 43.1 Å². The number of aryl methyl sites for hydroxylation is 1. The number of hydrogen-bond donors (Lipinski definition) is 1. The largest absolute Gasteiger partial charge is 0.366 e. The highest BCUT2D eigenvalue weighted by molar-refractivity contribution is 5.99. The van der Waals surface area contributed by atoms with Gasteiger partial charge in [0.05, 0.1) is 0 Å². The Morgan fingerprint density at radius 2 is 1.52 bits per heavy atom. The Morgan fingerprint density at radius 1 is 0.870 bits per heavy atom. The second-order valence-electron chi connectivity index (χ2n) is 6.12. The lowest BCUT2D eigenvalue weighted by Crippen LogP contribution is -2.12. The molecule has 2 aromatic carbocycles. The van der Waals surface area contributed by atoms with Crippen molar-refractivity contribution in [2.45, 2.75) is 51.9 Å². The molecular formula is C21H27NO. The average Bonchev–Trinajstić information content (AvgIpc) is 2.58. The molecule has 0 unspecified atom stereocenters. The van der Waals surface area contributed by atoms with E-state index in [1.807, 2.05) is 18.2 Å². The lowest BCUT2D eigenvalue weighted by Gasteiger charge is -2.08. The molecule has 122 valence electrons. The van der Waals surface area contributed by atoms with Gasteiger partial charge in [-0.1, -0.05) is 81.5 Å². The van der Waals surface area contributed by atoms with Gasteiger partial charge in [-0.3, -0.25) is 4.79 Å². The number of primary amides is 1. The van der Waals surface area contributed by atoms with E-state index >= 15 is 0 Å². The van der Waals surface area contributed by atoms with E-state index in [2.05, 4.69) is 31.2 Å². The number of nitrogens with two attached hydrogens (primary N) is 1. The zero-order valence-electron chi connectivity index (χ0n) is 14.1. The molecule has 2 aromatic rings. The summed E-state index contributed by atoms with van der Waals surface area (Å²) in [6, 6.07) is 16.0. The van der Waals surface area contributed by atoms with Crippen LogP contribution in [0.5, 0.6) is 0 Å². The lowest BCUT2D eigenvalue weighted by molar-refractivity contribution is 0.100. The van der Waals surface area contributed by atoms with Gasteiger partial charge in [-0.05, 0) is 35.6 Å². The van der Waals surface area contributed by atoms with Crippen LogP contribution in [0.1, 0.15) is 61.4 Å². The van der Waals surface area contributed by atoms with Crippen LogP contribution < -0.4 is 5.73 Å². The molecule has 2 heteroatoms. The average molecular weight is 309 g/mol. The molecule has 0 aliphatic heterocycles. The van der Waals surface area contributed by atoms with Gasteiger partial charge in [0.2, 0.25) is 5.91 Å². The molecule has 0 aromatic heterocycles. The van der Waals surface area contributed by atoms with Gasteiger partial charge in [-0.2, -0.15) is 0 Å². The van der Waals surface area contributed by atoms with Gasteiger partial charge in [-0.25, -0.2) is 0 Å². The number of amides is 1. The molecule has 0 radical (unpaired) electrons. The maximum atomic E-state index is 11.5. The molecule has 0 aliphatic carbocycles. The highest BCUT2D eigenvalue weighted by Gasteiger charge is 2.08. The summed E-state index contributed by atoms with van der Waals surface area (Å²) in [5, 5.41) is 0. The third-order valence-corrected chi connectivity index (χ3v) is 4.28. The maximum Gasteiger partial charge on any atom is 0.249 e. The molecule has 0 aliphatic rings. The fraction of sp³-hybridized carbons (Fsp3) is 0.381. The summed E-state index contributed by atoms with van der Waals surface area (Å²) in [4.78, 5) is 11.5. The minimum atomic E-state index is -0.378. The van der Waals surface area contributed by atoms with E-state index in [0.717, 1.165) is 17.5 Å². The summed E-state index contributed by atoms with van der Waals surface area (Å²) in [6.07, 6.45) is 9.05. The minimum Gasteiger partial charge on any atom is -0.366 e. The van der Waals surface area contributed by atoms with Crippen LogP contribution in [0.15, 0.2) is 48.5 Å². The van der Waals surface area contributed by atoms with Crippen LogP contribution in [-0.2, 0) is 6.42 Å². The first-order chi connectivity index (χ1) is 11.2. The van der Waals surface area contributed by atoms with Crippen molar-refractivity contribution in [3.05, 3.63) is 59.7 Å². The van der Waals surface area contributed by atoms with Crippen molar-refractivity contribution in [2.24, 2.45) is 5.73 Å². The number of unbranched alkanes of at least 4 members (excludes halogenated alkanes) is 5. The van der Waals surface area contributed by atoms with Crippen molar-refractivity contribution in [1.82, 2.24) is 0 Å². The van der Waals surface area contributed by atoms with Crippen LogP contribution in [0.25, 0.3) is 11.1 Å². The first kappa shape index (κ1) is 17.3. The summed E-state index contributed by atoms with van der Waals surface area (Å²) >= 11 is 0. The van der Waals surface area contributed by atoms with Crippen molar-refractivity contribution >= 4 is 5.91 Å². The van der Waals surface area contributed by atoms with E-state index in [1.165, 1.54) is 44.1 Å². The molecule has 2 N–H and O–H groups in total. The third kappa shape index (κ3) is 5.24. The molecule has 0 spiro atoms. The number of rotatable bonds is 9. The fourth-order valence-electron chi connectivity index (χ4n) is 2.91. The Morgan fingerprint density at radius 3 is 2.22 bits per heavy atom. The summed E-state index contributed by atoms with van der Waals surface area (Å²) in [6.45, 7) is 2.25. The molecular weight excluding hydrogens is 282 g/mol. The first-order valence-corrected chi connectivity index (χ1v) is 8.70. The summed E-state index contributed by atoms with van der Waals surface area (Å²) < 4.78 is 0. The van der Waals surface area contributed by atoms with Crippen LogP contribution in [0.4, 0.5) is 0 Å². The highest BCUT2D eigenvalue weighted by Crippen LogP contribution is 2.24. The maximum absolute atomic E-state index is 11.5.